The van der Waals surface area contributed by atoms with E-state index in [0.717, 1.165) is 11.1 Å². The third-order valence-corrected chi connectivity index (χ3v) is 3.49. The van der Waals surface area contributed by atoms with Crippen LogP contribution in [0.25, 0.3) is 0 Å². The Kier molecular flexibility index (Phi) is 5.83. The van der Waals surface area contributed by atoms with E-state index in [-0.39, 0.29) is 6.61 Å². The molecule has 0 bridgehead atoms. The molecule has 6 heteroatoms. The third-order valence-electron chi connectivity index (χ3n) is 2.47. The van der Waals surface area contributed by atoms with Crippen LogP contribution in [0.4, 0.5) is 5.69 Å². The summed E-state index contributed by atoms with van der Waals surface area (Å²) in [5.41, 5.74) is 2.22. The first-order valence-corrected chi connectivity index (χ1v) is 7.44. The van der Waals surface area contributed by atoms with Crippen molar-refractivity contribution in [3.05, 3.63) is 29.3 Å². The zero-order valence-corrected chi connectivity index (χ0v) is 11.8. The predicted molar refractivity (Wildman–Crippen MR) is 76.0 cm³/mol. The molecule has 0 aliphatic heterocycles. The maximum Gasteiger partial charge on any atom is 0.298 e. The van der Waals surface area contributed by atoms with E-state index in [1.165, 1.54) is 7.05 Å². The van der Waals surface area contributed by atoms with Crippen molar-refractivity contribution < 1.29 is 13.5 Å². The summed E-state index contributed by atoms with van der Waals surface area (Å²) in [4.78, 5) is 0. The Bertz CT molecular complexity index is 586. The minimum absolute atomic E-state index is 0.0354. The lowest BCUT2D eigenvalue weighted by Gasteiger charge is -2.11. The van der Waals surface area contributed by atoms with Crippen molar-refractivity contribution >= 4 is 15.9 Å². The van der Waals surface area contributed by atoms with E-state index in [1.54, 1.807) is 12.1 Å². The van der Waals surface area contributed by atoms with E-state index >= 15 is 0 Å². The lowest BCUT2D eigenvalue weighted by atomic mass is 10.1. The Balaban J connectivity index is 3.01. The molecule has 104 valence electrons. The highest BCUT2D eigenvalue weighted by Crippen LogP contribution is 2.18. The van der Waals surface area contributed by atoms with Crippen LogP contribution in [0.3, 0.4) is 0 Å². The summed E-state index contributed by atoms with van der Waals surface area (Å²) in [6, 6.07) is 5.28. The Labute approximate surface area is 114 Å². The summed E-state index contributed by atoms with van der Waals surface area (Å²) in [7, 11) is -2.16. The molecule has 19 heavy (non-hydrogen) atoms. The van der Waals surface area contributed by atoms with E-state index in [9.17, 15) is 8.42 Å². The van der Waals surface area contributed by atoms with Gasteiger partial charge in [-0.05, 0) is 30.2 Å². The van der Waals surface area contributed by atoms with Crippen molar-refractivity contribution in [3.8, 4) is 11.8 Å². The van der Waals surface area contributed by atoms with Crippen molar-refractivity contribution in [3.63, 3.8) is 0 Å². The summed E-state index contributed by atoms with van der Waals surface area (Å²) in [6.07, 6.45) is 1.12. The van der Waals surface area contributed by atoms with Gasteiger partial charge in [-0.25, -0.2) is 4.72 Å². The van der Waals surface area contributed by atoms with Gasteiger partial charge in [0.15, 0.2) is 0 Å². The van der Waals surface area contributed by atoms with Gasteiger partial charge in [0.25, 0.3) is 10.2 Å². The molecule has 0 spiro atoms. The van der Waals surface area contributed by atoms with Crippen LogP contribution in [0.2, 0.25) is 0 Å². The molecule has 5 nitrogen and oxygen atoms in total. The van der Waals surface area contributed by atoms with Crippen molar-refractivity contribution in [2.24, 2.45) is 0 Å². The minimum Gasteiger partial charge on any atom is -0.395 e. The minimum atomic E-state index is -3.51. The summed E-state index contributed by atoms with van der Waals surface area (Å²) in [5.74, 6) is 5.75. The summed E-state index contributed by atoms with van der Waals surface area (Å²) < 4.78 is 27.6. The van der Waals surface area contributed by atoms with Crippen LogP contribution in [0.15, 0.2) is 18.2 Å². The quantitative estimate of drug-likeness (QED) is 0.701. The molecule has 0 unspecified atom stereocenters. The normalized spacial score (nSPS) is 10.7. The van der Waals surface area contributed by atoms with E-state index < -0.39 is 10.2 Å². The molecule has 1 aromatic carbocycles. The summed E-state index contributed by atoms with van der Waals surface area (Å²) in [6.45, 7) is 1.98. The number of aliphatic hydroxyl groups is 1. The van der Waals surface area contributed by atoms with Crippen LogP contribution in [0, 0.1) is 11.8 Å². The van der Waals surface area contributed by atoms with Gasteiger partial charge < -0.3 is 5.11 Å². The number of hydrogen-bond acceptors (Lipinski definition) is 3. The summed E-state index contributed by atoms with van der Waals surface area (Å²) >= 11 is 0. The number of aliphatic hydroxyl groups excluding tert-OH is 1. The van der Waals surface area contributed by atoms with Crippen LogP contribution in [-0.4, -0.2) is 27.2 Å². The molecule has 0 fully saturated rings. The van der Waals surface area contributed by atoms with Crippen molar-refractivity contribution in [1.29, 1.82) is 0 Å². The van der Waals surface area contributed by atoms with E-state index in [0.29, 0.717) is 18.5 Å². The highest BCUT2D eigenvalue weighted by atomic mass is 32.2. The highest BCUT2D eigenvalue weighted by Gasteiger charge is 2.09. The average Bonchev–Trinajstić information content (AvgIpc) is 2.40. The highest BCUT2D eigenvalue weighted by molar-refractivity contribution is 7.90. The maximum atomic E-state index is 11.5. The monoisotopic (exact) mass is 282 g/mol. The van der Waals surface area contributed by atoms with Gasteiger partial charge in [0.05, 0.1) is 12.3 Å². The van der Waals surface area contributed by atoms with Gasteiger partial charge in [0.2, 0.25) is 0 Å². The van der Waals surface area contributed by atoms with Gasteiger partial charge in [0, 0.05) is 19.0 Å². The molecule has 0 radical (unpaired) electrons. The predicted octanol–water partition coefficient (Wildman–Crippen LogP) is 0.859. The molecule has 0 aliphatic carbocycles. The zero-order valence-electron chi connectivity index (χ0n) is 11.0. The Hall–Kier alpha value is -1.55. The molecule has 0 amide bonds. The number of rotatable bonds is 5. The number of hydrogen-bond donors (Lipinski definition) is 3. The van der Waals surface area contributed by atoms with Gasteiger partial charge in [-0.1, -0.05) is 18.8 Å². The first-order chi connectivity index (χ1) is 9.02. The van der Waals surface area contributed by atoms with Crippen molar-refractivity contribution in [2.75, 3.05) is 18.4 Å². The fourth-order valence-corrected chi connectivity index (χ4v) is 2.07. The average molecular weight is 282 g/mol. The summed E-state index contributed by atoms with van der Waals surface area (Å²) in [5, 5.41) is 8.66. The third kappa shape index (κ3) is 4.91. The van der Waals surface area contributed by atoms with E-state index in [4.69, 9.17) is 5.11 Å². The molecule has 0 aromatic heterocycles. The molecule has 0 aliphatic rings. The van der Waals surface area contributed by atoms with Crippen LogP contribution >= 0.6 is 0 Å². The van der Waals surface area contributed by atoms with E-state index in [2.05, 4.69) is 21.3 Å². The standard InChI is InChI=1S/C13H18N2O3S/c1-3-12-10-11(6-4-5-9-16)7-8-13(12)15-19(17,18)14-2/h7-8,10,14-16H,3,5,9H2,1-2H3. The number of anilines is 1. The molecule has 3 N–H and O–H groups in total. The van der Waals surface area contributed by atoms with E-state index in [1.807, 2.05) is 13.0 Å². The SMILES string of the molecule is CCc1cc(C#CCCO)ccc1NS(=O)(=O)NC. The van der Waals surface area contributed by atoms with Gasteiger partial charge in [0.1, 0.15) is 0 Å². The molecule has 0 saturated carbocycles. The second-order valence-corrected chi connectivity index (χ2v) is 5.43. The van der Waals surface area contributed by atoms with Crippen LogP contribution in [0.5, 0.6) is 0 Å². The first kappa shape index (κ1) is 15.5. The second kappa shape index (κ2) is 7.14. The Morgan fingerprint density at radius 3 is 2.68 bits per heavy atom. The van der Waals surface area contributed by atoms with Crippen LogP contribution in [-0.2, 0) is 16.6 Å². The fraction of sp³-hybridized carbons (Fsp3) is 0.385. The van der Waals surface area contributed by atoms with Gasteiger partial charge in [-0.15, -0.1) is 0 Å². The smallest absolute Gasteiger partial charge is 0.298 e. The molecule has 0 saturated heterocycles. The topological polar surface area (TPSA) is 78.4 Å². The maximum absolute atomic E-state index is 11.5. The largest absolute Gasteiger partial charge is 0.395 e. The van der Waals surface area contributed by atoms with Crippen LogP contribution < -0.4 is 9.44 Å². The van der Waals surface area contributed by atoms with Crippen LogP contribution in [0.1, 0.15) is 24.5 Å². The number of nitrogens with one attached hydrogen (secondary N) is 2. The first-order valence-electron chi connectivity index (χ1n) is 5.96. The van der Waals surface area contributed by atoms with Gasteiger partial charge in [-0.3, -0.25) is 4.72 Å². The lowest BCUT2D eigenvalue weighted by Crippen LogP contribution is -2.26. The molecule has 0 atom stereocenters. The lowest BCUT2D eigenvalue weighted by molar-refractivity contribution is 0.305. The Morgan fingerprint density at radius 1 is 1.37 bits per heavy atom. The van der Waals surface area contributed by atoms with Crippen molar-refractivity contribution in [1.82, 2.24) is 4.72 Å². The van der Waals surface area contributed by atoms with Gasteiger partial charge in [-0.2, -0.15) is 8.42 Å². The molecule has 1 rings (SSSR count). The fourth-order valence-electron chi connectivity index (χ4n) is 1.48. The van der Waals surface area contributed by atoms with Crippen molar-refractivity contribution in [2.45, 2.75) is 19.8 Å². The molecular formula is C13H18N2O3S. The molecular weight excluding hydrogens is 264 g/mol. The number of aryl methyl sites for hydroxylation is 1. The zero-order chi connectivity index (χ0) is 14.3. The van der Waals surface area contributed by atoms with Gasteiger partial charge >= 0.3 is 0 Å². The molecule has 1 aromatic rings. The molecule has 0 heterocycles. The number of benzene rings is 1. The Morgan fingerprint density at radius 2 is 2.11 bits per heavy atom. The second-order valence-electron chi connectivity index (χ2n) is 3.81.